The molecule has 2 aromatic carbocycles. The smallest absolute Gasteiger partial charge is 0.408 e. The molecular weight excluding hydrogens is 322 g/mol. The second-order valence-electron chi connectivity index (χ2n) is 5.15. The summed E-state index contributed by atoms with van der Waals surface area (Å²) < 4.78 is 10.1. The topological polar surface area (TPSA) is 84.9 Å². The van der Waals surface area contributed by atoms with Crippen LogP contribution in [0.15, 0.2) is 60.7 Å². The van der Waals surface area contributed by atoms with Crippen molar-refractivity contribution in [3.05, 3.63) is 71.8 Å². The first kappa shape index (κ1) is 18.1. The second-order valence-corrected chi connectivity index (χ2v) is 5.15. The molecule has 130 valence electrons. The molecule has 2 N–H and O–H groups in total. The van der Waals surface area contributed by atoms with E-state index in [1.807, 2.05) is 30.3 Å². The molecule has 0 aromatic heterocycles. The fourth-order valence-corrected chi connectivity index (χ4v) is 2.01. The Morgan fingerprint density at radius 2 is 1.80 bits per heavy atom. The normalized spacial score (nSPS) is 11.7. The van der Waals surface area contributed by atoms with E-state index in [0.29, 0.717) is 5.75 Å². The number of carbonyl (C=O) groups excluding carboxylic acids is 1. The SMILES string of the molecule is COc1ccc(/C=C\C(NC(=O)OCc2ccccc2)C(=O)O)cc1. The third-order valence-corrected chi connectivity index (χ3v) is 3.35. The molecule has 0 saturated heterocycles. The van der Waals surface area contributed by atoms with Crippen LogP contribution in [0.3, 0.4) is 0 Å². The molecule has 0 aliphatic carbocycles. The van der Waals surface area contributed by atoms with E-state index in [4.69, 9.17) is 9.47 Å². The number of carboxylic acids is 1. The van der Waals surface area contributed by atoms with Crippen LogP contribution in [0.5, 0.6) is 5.75 Å². The van der Waals surface area contributed by atoms with Crippen LogP contribution in [-0.4, -0.2) is 30.3 Å². The van der Waals surface area contributed by atoms with E-state index in [2.05, 4.69) is 5.32 Å². The van der Waals surface area contributed by atoms with Crippen LogP contribution in [0, 0.1) is 0 Å². The lowest BCUT2D eigenvalue weighted by molar-refractivity contribution is -0.138. The van der Waals surface area contributed by atoms with Crippen LogP contribution in [0.1, 0.15) is 11.1 Å². The van der Waals surface area contributed by atoms with Crippen molar-refractivity contribution >= 4 is 18.1 Å². The fraction of sp³-hybridized carbons (Fsp3) is 0.158. The monoisotopic (exact) mass is 341 g/mol. The predicted molar refractivity (Wildman–Crippen MR) is 93.2 cm³/mol. The Morgan fingerprint density at radius 3 is 2.40 bits per heavy atom. The molecule has 0 saturated carbocycles. The second kappa shape index (κ2) is 9.12. The van der Waals surface area contributed by atoms with Crippen LogP contribution >= 0.6 is 0 Å². The first-order valence-electron chi connectivity index (χ1n) is 7.61. The fourth-order valence-electron chi connectivity index (χ4n) is 2.01. The lowest BCUT2D eigenvalue weighted by atomic mass is 10.1. The van der Waals surface area contributed by atoms with Gasteiger partial charge in [-0.15, -0.1) is 0 Å². The minimum atomic E-state index is -1.19. The van der Waals surface area contributed by atoms with Crippen molar-refractivity contribution in [3.8, 4) is 5.75 Å². The molecule has 0 bridgehead atoms. The zero-order valence-corrected chi connectivity index (χ0v) is 13.7. The highest BCUT2D eigenvalue weighted by molar-refractivity contribution is 5.82. The van der Waals surface area contributed by atoms with Gasteiger partial charge in [0, 0.05) is 0 Å². The Kier molecular flexibility index (Phi) is 6.59. The van der Waals surface area contributed by atoms with Gasteiger partial charge in [0.1, 0.15) is 18.4 Å². The third kappa shape index (κ3) is 6.02. The first-order chi connectivity index (χ1) is 12.1. The molecule has 1 atom stereocenters. The van der Waals surface area contributed by atoms with E-state index in [1.54, 1.807) is 37.5 Å². The van der Waals surface area contributed by atoms with Crippen LogP contribution in [-0.2, 0) is 16.1 Å². The van der Waals surface area contributed by atoms with Crippen LogP contribution < -0.4 is 10.1 Å². The summed E-state index contributed by atoms with van der Waals surface area (Å²) in [7, 11) is 1.57. The van der Waals surface area contributed by atoms with Gasteiger partial charge in [-0.3, -0.25) is 0 Å². The number of hydrogen-bond acceptors (Lipinski definition) is 4. The maximum absolute atomic E-state index is 11.8. The van der Waals surface area contributed by atoms with Gasteiger partial charge in [0.15, 0.2) is 0 Å². The van der Waals surface area contributed by atoms with Crippen LogP contribution in [0.4, 0.5) is 4.79 Å². The summed E-state index contributed by atoms with van der Waals surface area (Å²) in [5.74, 6) is -0.476. The van der Waals surface area contributed by atoms with E-state index in [-0.39, 0.29) is 6.61 Å². The largest absolute Gasteiger partial charge is 0.497 e. The number of aliphatic carboxylic acids is 1. The standard InChI is InChI=1S/C19H19NO5/c1-24-16-10-7-14(8-11-16)9-12-17(18(21)22)20-19(23)25-13-15-5-3-2-4-6-15/h2-12,17H,13H2,1H3,(H,20,23)(H,21,22)/b12-9-. The predicted octanol–water partition coefficient (Wildman–Crippen LogP) is 3.09. The van der Waals surface area contributed by atoms with Gasteiger partial charge in [0.05, 0.1) is 7.11 Å². The highest BCUT2D eigenvalue weighted by Gasteiger charge is 2.17. The van der Waals surface area contributed by atoms with Gasteiger partial charge in [-0.1, -0.05) is 54.6 Å². The number of rotatable bonds is 7. The van der Waals surface area contributed by atoms with Crippen molar-refractivity contribution < 1.29 is 24.2 Å². The average Bonchev–Trinajstić information content (AvgIpc) is 2.64. The lowest BCUT2D eigenvalue weighted by Gasteiger charge is -2.11. The van der Waals surface area contributed by atoms with E-state index < -0.39 is 18.1 Å². The van der Waals surface area contributed by atoms with Crippen molar-refractivity contribution in [2.24, 2.45) is 0 Å². The van der Waals surface area contributed by atoms with Crippen LogP contribution in [0.25, 0.3) is 6.08 Å². The number of hydrogen-bond donors (Lipinski definition) is 2. The van der Waals surface area contributed by atoms with Gasteiger partial charge in [-0.05, 0) is 23.3 Å². The molecule has 0 aliphatic heterocycles. The molecule has 25 heavy (non-hydrogen) atoms. The Morgan fingerprint density at radius 1 is 1.12 bits per heavy atom. The van der Waals surface area contributed by atoms with Crippen LogP contribution in [0.2, 0.25) is 0 Å². The Bertz CT molecular complexity index is 725. The molecule has 0 fully saturated rings. The van der Waals surface area contributed by atoms with Crippen molar-refractivity contribution in [2.45, 2.75) is 12.6 Å². The third-order valence-electron chi connectivity index (χ3n) is 3.35. The molecule has 2 aromatic rings. The molecule has 0 heterocycles. The molecule has 1 amide bonds. The van der Waals surface area contributed by atoms with Gasteiger partial charge in [-0.2, -0.15) is 0 Å². The zero-order valence-electron chi connectivity index (χ0n) is 13.7. The molecular formula is C19H19NO5. The number of benzene rings is 2. The first-order valence-corrected chi connectivity index (χ1v) is 7.61. The summed E-state index contributed by atoms with van der Waals surface area (Å²) in [6, 6.07) is 15.0. The van der Waals surface area contributed by atoms with Gasteiger partial charge in [0.25, 0.3) is 0 Å². The minimum absolute atomic E-state index is 0.0706. The number of nitrogens with one attached hydrogen (secondary N) is 1. The van der Waals surface area contributed by atoms with Crippen molar-refractivity contribution in [2.75, 3.05) is 7.11 Å². The van der Waals surface area contributed by atoms with Crippen molar-refractivity contribution in [3.63, 3.8) is 0 Å². The molecule has 6 heteroatoms. The van der Waals surface area contributed by atoms with Crippen molar-refractivity contribution in [1.82, 2.24) is 5.32 Å². The van der Waals surface area contributed by atoms with E-state index in [1.165, 1.54) is 6.08 Å². The van der Waals surface area contributed by atoms with Gasteiger partial charge >= 0.3 is 12.1 Å². The van der Waals surface area contributed by atoms with E-state index >= 15 is 0 Å². The summed E-state index contributed by atoms with van der Waals surface area (Å²) in [6.07, 6.45) is 2.19. The number of carboxylic acid groups (broad SMARTS) is 1. The highest BCUT2D eigenvalue weighted by Crippen LogP contribution is 2.12. The van der Waals surface area contributed by atoms with Crippen molar-refractivity contribution in [1.29, 1.82) is 0 Å². The minimum Gasteiger partial charge on any atom is -0.497 e. The molecule has 0 aliphatic rings. The number of amides is 1. The number of carbonyl (C=O) groups is 2. The quantitative estimate of drug-likeness (QED) is 0.808. The summed E-state index contributed by atoms with van der Waals surface area (Å²) >= 11 is 0. The summed E-state index contributed by atoms with van der Waals surface area (Å²) in [4.78, 5) is 23.1. The molecule has 1 unspecified atom stereocenters. The Balaban J connectivity index is 1.91. The summed E-state index contributed by atoms with van der Waals surface area (Å²) in [5.41, 5.74) is 1.60. The molecule has 2 rings (SSSR count). The van der Waals surface area contributed by atoms with Gasteiger partial charge < -0.3 is 19.9 Å². The van der Waals surface area contributed by atoms with E-state index in [0.717, 1.165) is 11.1 Å². The zero-order chi connectivity index (χ0) is 18.1. The Hall–Kier alpha value is -3.28. The number of alkyl carbamates (subject to hydrolysis) is 1. The lowest BCUT2D eigenvalue weighted by Crippen LogP contribution is -2.39. The molecule has 0 spiro atoms. The summed E-state index contributed by atoms with van der Waals surface area (Å²) in [6.45, 7) is 0.0706. The van der Waals surface area contributed by atoms with E-state index in [9.17, 15) is 14.7 Å². The van der Waals surface area contributed by atoms with Gasteiger partial charge in [-0.25, -0.2) is 9.59 Å². The maximum atomic E-state index is 11.8. The molecule has 6 nitrogen and oxygen atoms in total. The maximum Gasteiger partial charge on any atom is 0.408 e. The average molecular weight is 341 g/mol. The number of methoxy groups -OCH3 is 1. The molecule has 0 radical (unpaired) electrons. The Labute approximate surface area is 145 Å². The summed E-state index contributed by atoms with van der Waals surface area (Å²) in [5, 5.41) is 11.5. The highest BCUT2D eigenvalue weighted by atomic mass is 16.5. The number of ether oxygens (including phenoxy) is 2. The van der Waals surface area contributed by atoms with Gasteiger partial charge in [0.2, 0.25) is 0 Å².